The Morgan fingerprint density at radius 2 is 1.55 bits per heavy atom. The average Bonchev–Trinajstić information content (AvgIpc) is 2.35. The molecule has 5 heteroatoms. The molecule has 0 aromatic heterocycles. The highest BCUT2D eigenvalue weighted by molar-refractivity contribution is 8.13. The summed E-state index contributed by atoms with van der Waals surface area (Å²) in [5.74, 6) is 0. The van der Waals surface area contributed by atoms with Crippen LogP contribution in [0.15, 0.2) is 22.2 Å². The van der Waals surface area contributed by atoms with Crippen molar-refractivity contribution in [2.24, 2.45) is 5.18 Å². The third kappa shape index (κ3) is 4.50. The standard InChI is InChI=1S/C17H23NO3S/c1-16(2,3)12-9-11(22-14(20)7-8-19)10-13(15(12)18-21)17(4,5)6/h8-10H,7H2,1-6H3. The Kier molecular flexibility index (Phi) is 5.68. The number of thioether (sulfide) groups is 1. The molecular formula is C17H23NO3S. The first-order valence-electron chi connectivity index (χ1n) is 7.17. The van der Waals surface area contributed by atoms with Gasteiger partial charge in [0, 0.05) is 4.90 Å². The summed E-state index contributed by atoms with van der Waals surface area (Å²) in [6.45, 7) is 12.0. The summed E-state index contributed by atoms with van der Waals surface area (Å²) >= 11 is 1.03. The van der Waals surface area contributed by atoms with Crippen molar-refractivity contribution in [3.63, 3.8) is 0 Å². The van der Waals surface area contributed by atoms with Gasteiger partial charge in [0.05, 0.1) is 6.42 Å². The number of rotatable bonds is 4. The van der Waals surface area contributed by atoms with Crippen LogP contribution in [0.25, 0.3) is 0 Å². The van der Waals surface area contributed by atoms with Gasteiger partial charge in [-0.15, -0.1) is 4.91 Å². The van der Waals surface area contributed by atoms with Gasteiger partial charge in [-0.3, -0.25) is 4.79 Å². The van der Waals surface area contributed by atoms with Crippen LogP contribution in [0.3, 0.4) is 0 Å². The van der Waals surface area contributed by atoms with E-state index in [0.717, 1.165) is 27.8 Å². The van der Waals surface area contributed by atoms with Gasteiger partial charge in [0.25, 0.3) is 0 Å². The van der Waals surface area contributed by atoms with Crippen LogP contribution in [-0.4, -0.2) is 11.4 Å². The molecule has 4 nitrogen and oxygen atoms in total. The van der Waals surface area contributed by atoms with Crippen molar-refractivity contribution in [1.82, 2.24) is 0 Å². The lowest BCUT2D eigenvalue weighted by Gasteiger charge is -2.27. The molecule has 0 radical (unpaired) electrons. The van der Waals surface area contributed by atoms with Crippen LogP contribution >= 0.6 is 11.8 Å². The lowest BCUT2D eigenvalue weighted by molar-refractivity contribution is -0.116. The smallest absolute Gasteiger partial charge is 0.200 e. The first kappa shape index (κ1) is 18.6. The van der Waals surface area contributed by atoms with Gasteiger partial charge in [-0.05, 0) is 39.3 Å². The quantitative estimate of drug-likeness (QED) is 0.343. The molecule has 0 saturated heterocycles. The minimum atomic E-state index is -0.270. The van der Waals surface area contributed by atoms with Crippen molar-refractivity contribution in [3.8, 4) is 0 Å². The van der Waals surface area contributed by atoms with E-state index in [9.17, 15) is 14.5 Å². The van der Waals surface area contributed by atoms with Crippen LogP contribution in [0.2, 0.25) is 0 Å². The van der Waals surface area contributed by atoms with E-state index in [0.29, 0.717) is 12.0 Å². The number of aldehydes is 1. The number of carbonyl (C=O) groups is 2. The van der Waals surface area contributed by atoms with Crippen LogP contribution in [0.4, 0.5) is 5.69 Å². The third-order valence-electron chi connectivity index (χ3n) is 3.27. The highest BCUT2D eigenvalue weighted by Gasteiger charge is 2.28. The topological polar surface area (TPSA) is 63.6 Å². The minimum absolute atomic E-state index is 0.117. The molecular weight excluding hydrogens is 298 g/mol. The van der Waals surface area contributed by atoms with Gasteiger partial charge >= 0.3 is 0 Å². The lowest BCUT2D eigenvalue weighted by Crippen LogP contribution is -2.17. The van der Waals surface area contributed by atoms with Crippen LogP contribution in [-0.2, 0) is 20.4 Å². The molecule has 0 unspecified atom stereocenters. The number of hydrogen-bond donors (Lipinski definition) is 0. The molecule has 0 heterocycles. The molecule has 1 aromatic rings. The lowest BCUT2D eigenvalue weighted by atomic mass is 9.79. The molecule has 0 amide bonds. The zero-order chi connectivity index (χ0) is 17.1. The van der Waals surface area contributed by atoms with Crippen LogP contribution in [0.1, 0.15) is 59.1 Å². The fourth-order valence-corrected chi connectivity index (χ4v) is 2.92. The Bertz CT molecular complexity index is 560. The van der Waals surface area contributed by atoms with Crippen LogP contribution in [0.5, 0.6) is 0 Å². The number of nitrogens with zero attached hydrogens (tertiary/aromatic N) is 1. The summed E-state index contributed by atoms with van der Waals surface area (Å²) < 4.78 is 0. The van der Waals surface area contributed by atoms with E-state index >= 15 is 0 Å². The molecule has 0 bridgehead atoms. The van der Waals surface area contributed by atoms with E-state index in [1.165, 1.54) is 0 Å². The second kappa shape index (κ2) is 6.73. The van der Waals surface area contributed by atoms with Crippen molar-refractivity contribution in [2.45, 2.75) is 63.7 Å². The predicted molar refractivity (Wildman–Crippen MR) is 90.8 cm³/mol. The van der Waals surface area contributed by atoms with Crippen molar-refractivity contribution in [2.75, 3.05) is 0 Å². The maximum atomic E-state index is 11.7. The Morgan fingerprint density at radius 3 is 1.86 bits per heavy atom. The van der Waals surface area contributed by atoms with Gasteiger partial charge in [0.15, 0.2) is 0 Å². The number of hydrogen-bond acceptors (Lipinski definition) is 5. The van der Waals surface area contributed by atoms with E-state index in [-0.39, 0.29) is 22.4 Å². The van der Waals surface area contributed by atoms with E-state index in [1.54, 1.807) is 0 Å². The Morgan fingerprint density at radius 1 is 1.09 bits per heavy atom. The number of benzene rings is 1. The van der Waals surface area contributed by atoms with Crippen molar-refractivity contribution in [3.05, 3.63) is 28.2 Å². The molecule has 1 aromatic carbocycles. The maximum Gasteiger partial charge on any atom is 0.200 e. The summed E-state index contributed by atoms with van der Waals surface area (Å²) in [5, 5.41) is 3.05. The van der Waals surface area contributed by atoms with Crippen molar-refractivity contribution < 1.29 is 9.59 Å². The highest BCUT2D eigenvalue weighted by atomic mass is 32.2. The molecule has 0 atom stereocenters. The molecule has 1 rings (SSSR count). The van der Waals surface area contributed by atoms with E-state index < -0.39 is 0 Å². The van der Waals surface area contributed by atoms with Gasteiger partial charge in [0.2, 0.25) is 5.12 Å². The predicted octanol–water partition coefficient (Wildman–Crippen LogP) is 4.89. The maximum absolute atomic E-state index is 11.7. The van der Waals surface area contributed by atoms with Gasteiger partial charge < -0.3 is 4.79 Å². The van der Waals surface area contributed by atoms with Gasteiger partial charge in [-0.2, -0.15) is 0 Å². The minimum Gasteiger partial charge on any atom is -0.303 e. The Hall–Kier alpha value is -1.49. The van der Waals surface area contributed by atoms with Crippen molar-refractivity contribution >= 4 is 28.9 Å². The van der Waals surface area contributed by atoms with Crippen LogP contribution < -0.4 is 0 Å². The molecule has 0 aliphatic rings. The van der Waals surface area contributed by atoms with Gasteiger partial charge in [-0.25, -0.2) is 0 Å². The van der Waals surface area contributed by atoms with E-state index in [1.807, 2.05) is 53.7 Å². The highest BCUT2D eigenvalue weighted by Crippen LogP contribution is 2.42. The summed E-state index contributed by atoms with van der Waals surface area (Å²) in [7, 11) is 0. The monoisotopic (exact) mass is 321 g/mol. The molecule has 0 fully saturated rings. The van der Waals surface area contributed by atoms with Crippen LogP contribution in [0, 0.1) is 4.91 Å². The van der Waals surface area contributed by atoms with E-state index in [2.05, 4.69) is 5.18 Å². The summed E-state index contributed by atoms with van der Waals surface area (Å²) in [6.07, 6.45) is 0.486. The van der Waals surface area contributed by atoms with Crippen molar-refractivity contribution in [1.29, 1.82) is 0 Å². The molecule has 120 valence electrons. The summed E-state index contributed by atoms with van der Waals surface area (Å²) in [4.78, 5) is 34.4. The fraction of sp³-hybridized carbons (Fsp3) is 0.529. The number of carbonyl (C=O) groups excluding carboxylic acids is 2. The van der Waals surface area contributed by atoms with E-state index in [4.69, 9.17) is 0 Å². The van der Waals surface area contributed by atoms with Gasteiger partial charge in [0.1, 0.15) is 12.0 Å². The zero-order valence-electron chi connectivity index (χ0n) is 14.0. The SMILES string of the molecule is CC(C)(C)c1cc(SC(=O)CC=O)cc(C(C)(C)C)c1N=O. The van der Waals surface area contributed by atoms with Gasteiger partial charge in [-0.1, -0.05) is 53.3 Å². The molecule has 0 aliphatic heterocycles. The molecule has 0 N–H and O–H groups in total. The summed E-state index contributed by atoms with van der Waals surface area (Å²) in [6, 6.07) is 3.67. The third-order valence-corrected chi connectivity index (χ3v) is 4.14. The second-order valence-corrected chi connectivity index (χ2v) is 8.43. The fourth-order valence-electron chi connectivity index (χ4n) is 2.15. The second-order valence-electron chi connectivity index (χ2n) is 7.30. The average molecular weight is 321 g/mol. The zero-order valence-corrected chi connectivity index (χ0v) is 14.8. The first-order chi connectivity index (χ1) is 10.0. The molecule has 22 heavy (non-hydrogen) atoms. The molecule has 0 aliphatic carbocycles. The molecule has 0 spiro atoms. The molecule has 0 saturated carbocycles. The normalized spacial score (nSPS) is 12.1. The Labute approximate surface area is 136 Å². The largest absolute Gasteiger partial charge is 0.303 e. The first-order valence-corrected chi connectivity index (χ1v) is 7.99. The Balaban J connectivity index is 3.53. The number of nitroso groups, excluding NO2 is 1. The summed E-state index contributed by atoms with van der Waals surface area (Å²) in [5.41, 5.74) is 1.54.